The summed E-state index contributed by atoms with van der Waals surface area (Å²) in [6, 6.07) is 21.1. The van der Waals surface area contributed by atoms with Crippen molar-refractivity contribution in [1.82, 2.24) is 10.6 Å². The Hall–Kier alpha value is -1.72. The first-order valence-corrected chi connectivity index (χ1v) is 11.4. The number of rotatable bonds is 8. The standard InChI is InChI=1S/C26H36N2O2/c1-19(21-9-5-3-6-10-21)27-17-25(29)15-13-24-23(25)14-16-26(24,30)18-28-20(2)22-11-7-4-8-12-22/h3-12,19-20,23-24,27-30H,13-18H2,1-2H3/t19-,20-,23+,24+,25-,26-/m1/s1. The van der Waals surface area contributed by atoms with Gasteiger partial charge in [0, 0.05) is 25.2 Å². The number of nitrogens with one attached hydrogen (secondary N) is 2. The summed E-state index contributed by atoms with van der Waals surface area (Å²) in [5.41, 5.74) is 1.00. The van der Waals surface area contributed by atoms with Crippen molar-refractivity contribution >= 4 is 0 Å². The highest BCUT2D eigenvalue weighted by molar-refractivity contribution is 5.20. The second-order valence-corrected chi connectivity index (χ2v) is 9.52. The van der Waals surface area contributed by atoms with Crippen LogP contribution in [0.15, 0.2) is 60.7 Å². The second-order valence-electron chi connectivity index (χ2n) is 9.52. The third-order valence-electron chi connectivity index (χ3n) is 7.67. The van der Waals surface area contributed by atoms with Gasteiger partial charge in [-0.15, -0.1) is 0 Å². The highest BCUT2D eigenvalue weighted by Gasteiger charge is 2.58. The van der Waals surface area contributed by atoms with E-state index < -0.39 is 11.2 Å². The van der Waals surface area contributed by atoms with Crippen molar-refractivity contribution in [2.24, 2.45) is 11.8 Å². The maximum absolute atomic E-state index is 11.5. The molecule has 2 fully saturated rings. The number of hydrogen-bond acceptors (Lipinski definition) is 4. The molecule has 2 aliphatic carbocycles. The lowest BCUT2D eigenvalue weighted by molar-refractivity contribution is -0.0300. The van der Waals surface area contributed by atoms with Crippen LogP contribution in [-0.2, 0) is 0 Å². The minimum absolute atomic E-state index is 0.159. The second kappa shape index (κ2) is 8.80. The monoisotopic (exact) mass is 408 g/mol. The number of aliphatic hydroxyl groups is 2. The molecule has 4 heteroatoms. The van der Waals surface area contributed by atoms with Crippen LogP contribution in [0.3, 0.4) is 0 Å². The van der Waals surface area contributed by atoms with Gasteiger partial charge in [-0.25, -0.2) is 0 Å². The van der Waals surface area contributed by atoms with Crippen LogP contribution in [0.2, 0.25) is 0 Å². The summed E-state index contributed by atoms with van der Waals surface area (Å²) in [7, 11) is 0. The Bertz CT molecular complexity index is 745. The molecule has 0 saturated heterocycles. The van der Waals surface area contributed by atoms with Gasteiger partial charge >= 0.3 is 0 Å². The van der Waals surface area contributed by atoms with Crippen molar-refractivity contribution in [3.63, 3.8) is 0 Å². The average molecular weight is 409 g/mol. The Balaban J connectivity index is 1.35. The van der Waals surface area contributed by atoms with E-state index in [0.717, 1.165) is 25.7 Å². The predicted octanol–water partition coefficient (Wildman–Crippen LogP) is 3.97. The van der Waals surface area contributed by atoms with Crippen LogP contribution in [0.1, 0.15) is 62.7 Å². The van der Waals surface area contributed by atoms with E-state index >= 15 is 0 Å². The molecule has 0 aromatic heterocycles. The van der Waals surface area contributed by atoms with Gasteiger partial charge in [0.1, 0.15) is 0 Å². The van der Waals surface area contributed by atoms with Crippen molar-refractivity contribution in [1.29, 1.82) is 0 Å². The molecule has 4 nitrogen and oxygen atoms in total. The van der Waals surface area contributed by atoms with Gasteiger partial charge in [-0.3, -0.25) is 0 Å². The molecular formula is C26H36N2O2. The molecule has 0 aliphatic heterocycles. The first kappa shape index (κ1) is 21.5. The maximum Gasteiger partial charge on any atom is 0.0803 e. The highest BCUT2D eigenvalue weighted by atomic mass is 16.3. The van der Waals surface area contributed by atoms with Crippen molar-refractivity contribution in [2.45, 2.75) is 62.8 Å². The van der Waals surface area contributed by atoms with Crippen LogP contribution in [-0.4, -0.2) is 34.5 Å². The summed E-state index contributed by atoms with van der Waals surface area (Å²) in [6.07, 6.45) is 3.29. The van der Waals surface area contributed by atoms with E-state index in [1.165, 1.54) is 11.1 Å². The number of benzene rings is 2. The Morgan fingerprint density at radius 2 is 1.10 bits per heavy atom. The summed E-state index contributed by atoms with van der Waals surface area (Å²) in [5.74, 6) is 0.318. The molecule has 0 unspecified atom stereocenters. The molecule has 2 aliphatic rings. The van der Waals surface area contributed by atoms with Gasteiger partial charge < -0.3 is 20.8 Å². The predicted molar refractivity (Wildman–Crippen MR) is 121 cm³/mol. The van der Waals surface area contributed by atoms with E-state index in [1.807, 2.05) is 36.4 Å². The van der Waals surface area contributed by atoms with E-state index in [-0.39, 0.29) is 23.9 Å². The molecule has 6 atom stereocenters. The summed E-state index contributed by atoms with van der Waals surface area (Å²) in [6.45, 7) is 5.44. The highest BCUT2D eigenvalue weighted by Crippen LogP contribution is 2.54. The van der Waals surface area contributed by atoms with Crippen LogP contribution in [0.25, 0.3) is 0 Å². The molecule has 2 aromatic rings. The number of hydrogen-bond donors (Lipinski definition) is 4. The van der Waals surface area contributed by atoms with Crippen LogP contribution >= 0.6 is 0 Å². The summed E-state index contributed by atoms with van der Waals surface area (Å²) in [5, 5.41) is 30.0. The quantitative estimate of drug-likeness (QED) is 0.534. The Labute approximate surface area is 180 Å². The normalized spacial score (nSPS) is 32.7. The van der Waals surface area contributed by atoms with Gasteiger partial charge in [0.2, 0.25) is 0 Å². The molecule has 0 amide bonds. The smallest absolute Gasteiger partial charge is 0.0803 e. The molecule has 0 spiro atoms. The third-order valence-corrected chi connectivity index (χ3v) is 7.67. The SMILES string of the molecule is C[C@@H](NC[C@]1(O)CC[C@H]2[C@@H]1CC[C@@]2(O)CN[C@H](C)c1ccccc1)c1ccccc1. The summed E-state index contributed by atoms with van der Waals surface area (Å²) < 4.78 is 0. The molecule has 2 saturated carbocycles. The molecule has 162 valence electrons. The molecule has 4 rings (SSSR count). The van der Waals surface area contributed by atoms with E-state index in [2.05, 4.69) is 48.7 Å². The Morgan fingerprint density at radius 3 is 1.47 bits per heavy atom. The van der Waals surface area contributed by atoms with Gasteiger partial charge in [0.15, 0.2) is 0 Å². The van der Waals surface area contributed by atoms with Crippen molar-refractivity contribution in [3.8, 4) is 0 Å². The molecule has 2 aromatic carbocycles. The molecular weight excluding hydrogens is 372 g/mol. The van der Waals surface area contributed by atoms with Gasteiger partial charge in [-0.2, -0.15) is 0 Å². The summed E-state index contributed by atoms with van der Waals surface area (Å²) in [4.78, 5) is 0. The fourth-order valence-electron chi connectivity index (χ4n) is 5.69. The molecule has 0 heterocycles. The lowest BCUT2D eigenvalue weighted by Crippen LogP contribution is -2.48. The minimum Gasteiger partial charge on any atom is -0.388 e. The average Bonchev–Trinajstić information content (AvgIpc) is 3.30. The fourth-order valence-corrected chi connectivity index (χ4v) is 5.69. The van der Waals surface area contributed by atoms with Crippen LogP contribution in [0.5, 0.6) is 0 Å². The molecule has 4 N–H and O–H groups in total. The third kappa shape index (κ3) is 4.33. The summed E-state index contributed by atoms with van der Waals surface area (Å²) >= 11 is 0. The van der Waals surface area contributed by atoms with E-state index in [4.69, 9.17) is 0 Å². The molecule has 30 heavy (non-hydrogen) atoms. The van der Waals surface area contributed by atoms with Crippen molar-refractivity contribution in [2.75, 3.05) is 13.1 Å². The van der Waals surface area contributed by atoms with Crippen LogP contribution in [0, 0.1) is 11.8 Å². The fraction of sp³-hybridized carbons (Fsp3) is 0.538. The van der Waals surface area contributed by atoms with Gasteiger partial charge in [-0.05, 0) is 62.5 Å². The van der Waals surface area contributed by atoms with Crippen molar-refractivity contribution in [3.05, 3.63) is 71.8 Å². The lowest BCUT2D eigenvalue weighted by atomic mass is 9.83. The largest absolute Gasteiger partial charge is 0.388 e. The van der Waals surface area contributed by atoms with Gasteiger partial charge in [0.05, 0.1) is 11.2 Å². The lowest BCUT2D eigenvalue weighted by Gasteiger charge is -2.34. The Kier molecular flexibility index (Phi) is 6.31. The minimum atomic E-state index is -0.733. The first-order valence-electron chi connectivity index (χ1n) is 11.4. The molecule has 0 bridgehead atoms. The zero-order valence-corrected chi connectivity index (χ0v) is 18.2. The van der Waals surface area contributed by atoms with E-state index in [0.29, 0.717) is 13.1 Å². The van der Waals surface area contributed by atoms with Crippen molar-refractivity contribution < 1.29 is 10.2 Å². The topological polar surface area (TPSA) is 64.5 Å². The van der Waals surface area contributed by atoms with Crippen LogP contribution in [0.4, 0.5) is 0 Å². The van der Waals surface area contributed by atoms with E-state index in [9.17, 15) is 10.2 Å². The maximum atomic E-state index is 11.5. The van der Waals surface area contributed by atoms with Gasteiger partial charge in [0.25, 0.3) is 0 Å². The zero-order valence-electron chi connectivity index (χ0n) is 18.2. The zero-order chi connectivity index (χ0) is 21.2. The van der Waals surface area contributed by atoms with Crippen LogP contribution < -0.4 is 10.6 Å². The first-order chi connectivity index (χ1) is 14.4. The number of fused-ring (bicyclic) bond motifs is 1. The van der Waals surface area contributed by atoms with Gasteiger partial charge in [-0.1, -0.05) is 60.7 Å². The van der Waals surface area contributed by atoms with E-state index in [1.54, 1.807) is 0 Å². The Morgan fingerprint density at radius 1 is 0.733 bits per heavy atom. The molecule has 0 radical (unpaired) electrons.